The van der Waals surface area contributed by atoms with E-state index in [4.69, 9.17) is 9.63 Å². The number of amides is 1. The van der Waals surface area contributed by atoms with Crippen molar-refractivity contribution in [2.75, 3.05) is 13.6 Å². The lowest BCUT2D eigenvalue weighted by Gasteiger charge is -2.29. The lowest BCUT2D eigenvalue weighted by Crippen LogP contribution is -2.46. The minimum Gasteiger partial charge on any atom is -0.476 e. The minimum absolute atomic E-state index is 0.0947. The number of carbonyl (C=O) groups is 2. The molecule has 1 amide bonds. The Morgan fingerprint density at radius 1 is 1.72 bits per heavy atom. The molecule has 1 fully saturated rings. The summed E-state index contributed by atoms with van der Waals surface area (Å²) in [5.74, 6) is -0.471. The molecule has 0 aliphatic carbocycles. The predicted molar refractivity (Wildman–Crippen MR) is 61.0 cm³/mol. The van der Waals surface area contributed by atoms with E-state index in [-0.39, 0.29) is 17.6 Å². The highest BCUT2D eigenvalue weighted by Gasteiger charge is 2.22. The second-order valence-electron chi connectivity index (χ2n) is 4.37. The van der Waals surface area contributed by atoms with Crippen molar-refractivity contribution >= 4 is 11.9 Å². The van der Waals surface area contributed by atoms with Crippen LogP contribution in [0, 0.1) is 0 Å². The van der Waals surface area contributed by atoms with Gasteiger partial charge in [0.05, 0.1) is 6.54 Å². The smallest absolute Gasteiger partial charge is 0.358 e. The number of rotatable bonds is 4. The maximum Gasteiger partial charge on any atom is 0.358 e. The van der Waals surface area contributed by atoms with Crippen LogP contribution >= 0.6 is 0 Å². The number of aromatic carboxylic acids is 1. The maximum absolute atomic E-state index is 11.3. The third-order valence-corrected chi connectivity index (χ3v) is 2.97. The van der Waals surface area contributed by atoms with Gasteiger partial charge in [0.25, 0.3) is 0 Å². The molecule has 1 aliphatic heterocycles. The first-order valence-electron chi connectivity index (χ1n) is 5.72. The molecule has 0 bridgehead atoms. The summed E-state index contributed by atoms with van der Waals surface area (Å²) >= 11 is 0. The van der Waals surface area contributed by atoms with Crippen molar-refractivity contribution in [3.63, 3.8) is 0 Å². The van der Waals surface area contributed by atoms with Gasteiger partial charge >= 0.3 is 5.97 Å². The Balaban J connectivity index is 1.84. The van der Waals surface area contributed by atoms with Gasteiger partial charge in [-0.05, 0) is 6.42 Å². The van der Waals surface area contributed by atoms with Crippen LogP contribution in [0.25, 0.3) is 0 Å². The molecule has 1 saturated heterocycles. The first kappa shape index (κ1) is 12.6. The summed E-state index contributed by atoms with van der Waals surface area (Å²) < 4.78 is 4.89. The lowest BCUT2D eigenvalue weighted by molar-refractivity contribution is -0.132. The van der Waals surface area contributed by atoms with Gasteiger partial charge in [0.2, 0.25) is 5.91 Å². The van der Waals surface area contributed by atoms with E-state index in [0.29, 0.717) is 25.3 Å². The second-order valence-corrected chi connectivity index (χ2v) is 4.37. The minimum atomic E-state index is -1.10. The van der Waals surface area contributed by atoms with Crippen molar-refractivity contribution in [1.29, 1.82) is 0 Å². The SMILES string of the molecule is CN1CC(NCc2cc(C(=O)O)no2)CCC1=O. The van der Waals surface area contributed by atoms with Gasteiger partial charge in [0.15, 0.2) is 11.5 Å². The Kier molecular flexibility index (Phi) is 3.61. The molecule has 2 rings (SSSR count). The summed E-state index contributed by atoms with van der Waals surface area (Å²) in [4.78, 5) is 23.6. The molecule has 2 N–H and O–H groups in total. The summed E-state index contributed by atoms with van der Waals surface area (Å²) in [6, 6.07) is 1.60. The fraction of sp³-hybridized carbons (Fsp3) is 0.545. The zero-order valence-corrected chi connectivity index (χ0v) is 10.0. The second kappa shape index (κ2) is 5.18. The number of likely N-dealkylation sites (N-methyl/N-ethyl adjacent to an activating group) is 1. The highest BCUT2D eigenvalue weighted by molar-refractivity contribution is 5.85. The summed E-state index contributed by atoms with van der Waals surface area (Å²) in [6.45, 7) is 1.06. The molecule has 98 valence electrons. The number of carboxylic acids is 1. The molecule has 1 unspecified atom stereocenters. The van der Waals surface area contributed by atoms with Crippen molar-refractivity contribution in [2.45, 2.75) is 25.4 Å². The summed E-state index contributed by atoms with van der Waals surface area (Å²) in [7, 11) is 1.77. The van der Waals surface area contributed by atoms with Crippen molar-refractivity contribution in [3.8, 4) is 0 Å². The number of nitrogens with one attached hydrogen (secondary N) is 1. The molecule has 1 aliphatic rings. The molecule has 0 spiro atoms. The Bertz CT molecular complexity index is 457. The van der Waals surface area contributed by atoms with E-state index in [1.165, 1.54) is 6.07 Å². The van der Waals surface area contributed by atoms with Crippen LogP contribution in [-0.4, -0.2) is 46.7 Å². The molecule has 7 nitrogen and oxygen atoms in total. The Morgan fingerprint density at radius 2 is 2.50 bits per heavy atom. The van der Waals surface area contributed by atoms with Crippen LogP contribution < -0.4 is 5.32 Å². The van der Waals surface area contributed by atoms with Gasteiger partial charge < -0.3 is 19.8 Å². The topological polar surface area (TPSA) is 95.7 Å². The Morgan fingerprint density at radius 3 is 3.11 bits per heavy atom. The van der Waals surface area contributed by atoms with E-state index in [1.807, 2.05) is 0 Å². The molecule has 0 aromatic carbocycles. The monoisotopic (exact) mass is 253 g/mol. The van der Waals surface area contributed by atoms with Gasteiger partial charge in [-0.1, -0.05) is 5.16 Å². The number of aromatic nitrogens is 1. The molecule has 1 aromatic rings. The van der Waals surface area contributed by atoms with Crippen LogP contribution in [-0.2, 0) is 11.3 Å². The molecule has 2 heterocycles. The molecule has 1 atom stereocenters. The van der Waals surface area contributed by atoms with E-state index in [1.54, 1.807) is 11.9 Å². The molecule has 0 radical (unpaired) electrons. The third kappa shape index (κ3) is 2.86. The van der Waals surface area contributed by atoms with Gasteiger partial charge in [0.1, 0.15) is 0 Å². The average molecular weight is 253 g/mol. The Labute approximate surface area is 104 Å². The number of hydrogen-bond donors (Lipinski definition) is 2. The van der Waals surface area contributed by atoms with Crippen molar-refractivity contribution in [3.05, 3.63) is 17.5 Å². The van der Waals surface area contributed by atoms with Crippen molar-refractivity contribution < 1.29 is 19.2 Å². The van der Waals surface area contributed by atoms with Gasteiger partial charge in [-0.25, -0.2) is 4.79 Å². The van der Waals surface area contributed by atoms with E-state index in [2.05, 4.69) is 10.5 Å². The fourth-order valence-electron chi connectivity index (χ4n) is 1.92. The number of piperidine rings is 1. The summed E-state index contributed by atoms with van der Waals surface area (Å²) in [5.41, 5.74) is -0.0947. The largest absolute Gasteiger partial charge is 0.476 e. The normalized spacial score (nSPS) is 20.2. The van der Waals surface area contributed by atoms with Gasteiger partial charge in [-0.2, -0.15) is 0 Å². The highest BCUT2D eigenvalue weighted by atomic mass is 16.5. The maximum atomic E-state index is 11.3. The quantitative estimate of drug-likeness (QED) is 0.789. The van der Waals surface area contributed by atoms with E-state index in [9.17, 15) is 9.59 Å². The predicted octanol–water partition coefficient (Wildman–Crippen LogP) is 0.0832. The van der Waals surface area contributed by atoms with E-state index < -0.39 is 5.97 Å². The number of carbonyl (C=O) groups excluding carboxylic acids is 1. The van der Waals surface area contributed by atoms with Crippen LogP contribution in [0.2, 0.25) is 0 Å². The molecule has 7 heteroatoms. The molecule has 18 heavy (non-hydrogen) atoms. The van der Waals surface area contributed by atoms with Gasteiger partial charge in [-0.3, -0.25) is 4.79 Å². The van der Waals surface area contributed by atoms with Gasteiger partial charge in [-0.15, -0.1) is 0 Å². The number of nitrogens with zero attached hydrogens (tertiary/aromatic N) is 2. The lowest BCUT2D eigenvalue weighted by atomic mass is 10.1. The van der Waals surface area contributed by atoms with Crippen LogP contribution in [0.5, 0.6) is 0 Å². The third-order valence-electron chi connectivity index (χ3n) is 2.97. The Hall–Kier alpha value is -1.89. The number of carboxylic acid groups (broad SMARTS) is 1. The molecule has 1 aromatic heterocycles. The van der Waals surface area contributed by atoms with Crippen LogP contribution in [0.15, 0.2) is 10.6 Å². The van der Waals surface area contributed by atoms with Crippen LogP contribution in [0.1, 0.15) is 29.1 Å². The van der Waals surface area contributed by atoms with Crippen LogP contribution in [0.4, 0.5) is 0 Å². The summed E-state index contributed by atoms with van der Waals surface area (Å²) in [5, 5.41) is 15.3. The fourth-order valence-corrected chi connectivity index (χ4v) is 1.92. The molecule has 0 saturated carbocycles. The average Bonchev–Trinajstić information content (AvgIpc) is 2.79. The highest BCUT2D eigenvalue weighted by Crippen LogP contribution is 2.11. The zero-order chi connectivity index (χ0) is 13.1. The van der Waals surface area contributed by atoms with E-state index in [0.717, 1.165) is 6.42 Å². The van der Waals surface area contributed by atoms with Crippen molar-refractivity contribution in [2.24, 2.45) is 0 Å². The zero-order valence-electron chi connectivity index (χ0n) is 10.0. The van der Waals surface area contributed by atoms with Gasteiger partial charge in [0, 0.05) is 32.1 Å². The summed E-state index contributed by atoms with van der Waals surface area (Å²) in [6.07, 6.45) is 1.31. The van der Waals surface area contributed by atoms with E-state index >= 15 is 0 Å². The van der Waals surface area contributed by atoms with Crippen LogP contribution in [0.3, 0.4) is 0 Å². The first-order chi connectivity index (χ1) is 8.56. The first-order valence-corrected chi connectivity index (χ1v) is 5.72. The molecular formula is C11H15N3O4. The number of likely N-dealkylation sites (tertiary alicyclic amines) is 1. The number of hydrogen-bond acceptors (Lipinski definition) is 5. The standard InChI is InChI=1S/C11H15N3O4/c1-14-6-7(2-3-10(14)15)12-5-8-4-9(11(16)17)13-18-8/h4,7,12H,2-3,5-6H2,1H3,(H,16,17). The van der Waals surface area contributed by atoms with Crippen molar-refractivity contribution in [1.82, 2.24) is 15.4 Å². The molecular weight excluding hydrogens is 238 g/mol.